The van der Waals surface area contributed by atoms with E-state index in [9.17, 15) is 9.59 Å². The molecule has 1 atom stereocenters. The van der Waals surface area contributed by atoms with E-state index in [1.54, 1.807) is 34.8 Å². The quantitative estimate of drug-likeness (QED) is 0.489. The third-order valence-corrected chi connectivity index (χ3v) is 7.01. The summed E-state index contributed by atoms with van der Waals surface area (Å²) in [7, 11) is 1.58. The topological polar surface area (TPSA) is 77.0 Å². The predicted octanol–water partition coefficient (Wildman–Crippen LogP) is 3.47. The lowest BCUT2D eigenvalue weighted by Gasteiger charge is -2.29. The van der Waals surface area contributed by atoms with Crippen LogP contribution < -0.4 is 19.6 Å². The molecule has 3 aromatic rings. The zero-order valence-corrected chi connectivity index (χ0v) is 21.2. The van der Waals surface area contributed by atoms with Gasteiger partial charge in [-0.05, 0) is 54.9 Å². The number of thiazole rings is 1. The molecular formula is C24H24BrN3O4S. The lowest BCUT2D eigenvalue weighted by molar-refractivity contribution is -0.127. The maximum absolute atomic E-state index is 13.6. The average molecular weight is 530 g/mol. The van der Waals surface area contributed by atoms with E-state index in [2.05, 4.69) is 20.9 Å². The van der Waals surface area contributed by atoms with Crippen molar-refractivity contribution in [3.63, 3.8) is 0 Å². The Kier molecular flexibility index (Phi) is 6.71. The second-order valence-corrected chi connectivity index (χ2v) is 9.23. The van der Waals surface area contributed by atoms with Gasteiger partial charge >= 0.3 is 0 Å². The molecule has 4 rings (SSSR count). The summed E-state index contributed by atoms with van der Waals surface area (Å²) in [4.78, 5) is 34.2. The minimum atomic E-state index is -0.656. The molecule has 3 heterocycles. The van der Waals surface area contributed by atoms with Gasteiger partial charge in [-0.25, -0.2) is 4.99 Å². The van der Waals surface area contributed by atoms with Gasteiger partial charge in [0.05, 0.1) is 22.9 Å². The first-order valence-corrected chi connectivity index (χ1v) is 12.2. The van der Waals surface area contributed by atoms with Crippen LogP contribution >= 0.6 is 27.3 Å². The number of benzene rings is 1. The van der Waals surface area contributed by atoms with Crippen LogP contribution in [0.15, 0.2) is 66.5 Å². The number of hydrogen-bond donors (Lipinski definition) is 0. The van der Waals surface area contributed by atoms with E-state index in [4.69, 9.17) is 9.15 Å². The minimum Gasteiger partial charge on any atom is -0.496 e. The number of carbonyl (C=O) groups is 1. The molecule has 0 radical (unpaired) electrons. The molecule has 1 aliphatic rings. The number of allylic oxidation sites excluding steroid dienone is 1. The highest BCUT2D eigenvalue weighted by molar-refractivity contribution is 9.10. The van der Waals surface area contributed by atoms with Crippen LogP contribution in [-0.4, -0.2) is 35.6 Å². The normalized spacial score (nSPS) is 15.9. The number of hydrogen-bond acceptors (Lipinski definition) is 6. The average Bonchev–Trinajstić information content (AvgIpc) is 3.35. The standard InChI is InChI=1S/C24H24BrN3O4S/c1-5-27(6-2)23(30)20-14(3)26-24-28(21(20)16-9-7-8-10-17(16)31-4)22(29)18(33-24)13-15-11-12-19(25)32-15/h7-13,21H,5-6H2,1-4H3/b18-13+/t21-/m1/s1. The van der Waals surface area contributed by atoms with Crippen LogP contribution in [0, 0.1) is 0 Å². The summed E-state index contributed by atoms with van der Waals surface area (Å²) in [5.74, 6) is 1.02. The number of nitrogens with zero attached hydrogens (tertiary/aromatic N) is 3. The minimum absolute atomic E-state index is 0.138. The van der Waals surface area contributed by atoms with Crippen molar-refractivity contribution >= 4 is 39.2 Å². The molecule has 0 N–H and O–H groups in total. The Morgan fingerprint density at radius 1 is 1.27 bits per heavy atom. The second kappa shape index (κ2) is 9.52. The number of para-hydroxylation sites is 1. The number of fused-ring (bicyclic) bond motifs is 1. The van der Waals surface area contributed by atoms with Crippen LogP contribution in [0.3, 0.4) is 0 Å². The highest BCUT2D eigenvalue weighted by Crippen LogP contribution is 2.36. The Labute approximate surface area is 203 Å². The molecule has 0 spiro atoms. The van der Waals surface area contributed by atoms with Gasteiger partial charge in [-0.3, -0.25) is 14.2 Å². The van der Waals surface area contributed by atoms with E-state index in [1.165, 1.54) is 11.3 Å². The Morgan fingerprint density at radius 3 is 2.64 bits per heavy atom. The highest BCUT2D eigenvalue weighted by atomic mass is 79.9. The molecule has 2 aromatic heterocycles. The van der Waals surface area contributed by atoms with E-state index in [0.717, 1.165) is 5.56 Å². The molecular weight excluding hydrogens is 506 g/mol. The van der Waals surface area contributed by atoms with Crippen molar-refractivity contribution in [2.75, 3.05) is 20.2 Å². The Balaban J connectivity index is 2.00. The van der Waals surface area contributed by atoms with Crippen molar-refractivity contribution in [3.8, 4) is 5.75 Å². The molecule has 0 fully saturated rings. The van der Waals surface area contributed by atoms with Gasteiger partial charge in [0.2, 0.25) is 0 Å². The fourth-order valence-corrected chi connectivity index (χ4v) is 5.34. The lowest BCUT2D eigenvalue weighted by atomic mass is 9.94. The molecule has 1 aromatic carbocycles. The van der Waals surface area contributed by atoms with Crippen LogP contribution in [0.25, 0.3) is 6.08 Å². The first kappa shape index (κ1) is 23.3. The molecule has 0 saturated carbocycles. The second-order valence-electron chi connectivity index (χ2n) is 7.44. The zero-order valence-electron chi connectivity index (χ0n) is 18.8. The van der Waals surface area contributed by atoms with Gasteiger partial charge < -0.3 is 14.1 Å². The fraction of sp³-hybridized carbons (Fsp3) is 0.292. The number of aromatic nitrogens is 1. The van der Waals surface area contributed by atoms with E-state index < -0.39 is 6.04 Å². The molecule has 0 saturated heterocycles. The Morgan fingerprint density at radius 2 is 2.00 bits per heavy atom. The molecule has 0 bridgehead atoms. The van der Waals surface area contributed by atoms with Gasteiger partial charge in [0.15, 0.2) is 9.47 Å². The van der Waals surface area contributed by atoms with Gasteiger partial charge in [-0.1, -0.05) is 29.5 Å². The lowest BCUT2D eigenvalue weighted by Crippen LogP contribution is -2.43. The summed E-state index contributed by atoms with van der Waals surface area (Å²) in [5, 5.41) is 0. The molecule has 1 amide bonds. The van der Waals surface area contributed by atoms with Crippen LogP contribution in [0.1, 0.15) is 38.1 Å². The SMILES string of the molecule is CCN(CC)C(=O)C1=C(C)N=c2s/c(=C/c3ccc(Br)o3)c(=O)n2[C@@H]1c1ccccc1OC. The molecule has 0 aliphatic carbocycles. The van der Waals surface area contributed by atoms with Crippen LogP contribution in [-0.2, 0) is 4.79 Å². The monoisotopic (exact) mass is 529 g/mol. The van der Waals surface area contributed by atoms with E-state index in [-0.39, 0.29) is 11.5 Å². The number of halogens is 1. The van der Waals surface area contributed by atoms with Crippen molar-refractivity contribution in [1.29, 1.82) is 0 Å². The molecule has 172 valence electrons. The summed E-state index contributed by atoms with van der Waals surface area (Å²) in [6, 6.07) is 10.4. The fourth-order valence-electron chi connectivity index (χ4n) is 4.00. The van der Waals surface area contributed by atoms with Crippen molar-refractivity contribution < 1.29 is 13.9 Å². The number of furan rings is 1. The van der Waals surface area contributed by atoms with Crippen molar-refractivity contribution in [2.24, 2.45) is 4.99 Å². The first-order valence-electron chi connectivity index (χ1n) is 10.6. The largest absolute Gasteiger partial charge is 0.496 e. The third kappa shape index (κ3) is 4.22. The predicted molar refractivity (Wildman–Crippen MR) is 131 cm³/mol. The van der Waals surface area contributed by atoms with Crippen LogP contribution in [0.4, 0.5) is 0 Å². The maximum Gasteiger partial charge on any atom is 0.271 e. The van der Waals surface area contributed by atoms with Gasteiger partial charge in [0.25, 0.3) is 11.5 Å². The highest BCUT2D eigenvalue weighted by Gasteiger charge is 2.35. The number of rotatable bonds is 6. The number of carbonyl (C=O) groups excluding carboxylic acids is 1. The Bertz CT molecular complexity index is 1410. The molecule has 9 heteroatoms. The summed E-state index contributed by atoms with van der Waals surface area (Å²) in [6.45, 7) is 6.81. The number of methoxy groups -OCH3 is 1. The summed E-state index contributed by atoms with van der Waals surface area (Å²) < 4.78 is 13.8. The van der Waals surface area contributed by atoms with Crippen LogP contribution in [0.5, 0.6) is 5.75 Å². The number of amides is 1. The summed E-state index contributed by atoms with van der Waals surface area (Å²) >= 11 is 4.56. The molecule has 0 unspecified atom stereocenters. The zero-order chi connectivity index (χ0) is 23.7. The van der Waals surface area contributed by atoms with Gasteiger partial charge in [0.1, 0.15) is 17.6 Å². The summed E-state index contributed by atoms with van der Waals surface area (Å²) in [6.07, 6.45) is 1.69. The van der Waals surface area contributed by atoms with Crippen molar-refractivity contribution in [1.82, 2.24) is 9.47 Å². The van der Waals surface area contributed by atoms with Gasteiger partial charge in [-0.2, -0.15) is 0 Å². The van der Waals surface area contributed by atoms with Crippen LogP contribution in [0.2, 0.25) is 0 Å². The van der Waals surface area contributed by atoms with Crippen molar-refractivity contribution in [3.05, 3.63) is 83.3 Å². The number of ether oxygens (including phenoxy) is 1. The summed E-state index contributed by atoms with van der Waals surface area (Å²) in [5.41, 5.74) is 1.57. The van der Waals surface area contributed by atoms with Crippen molar-refractivity contribution in [2.45, 2.75) is 26.8 Å². The van der Waals surface area contributed by atoms with Gasteiger partial charge in [0, 0.05) is 24.7 Å². The first-order chi connectivity index (χ1) is 15.9. The van der Waals surface area contributed by atoms with E-state index in [1.807, 2.05) is 45.0 Å². The third-order valence-electron chi connectivity index (χ3n) is 5.60. The maximum atomic E-state index is 13.6. The Hall–Kier alpha value is -2.91. The molecule has 7 nitrogen and oxygen atoms in total. The van der Waals surface area contributed by atoms with E-state index >= 15 is 0 Å². The molecule has 1 aliphatic heterocycles. The number of likely N-dealkylation sites (N-methyl/N-ethyl adjacent to an activating group) is 1. The smallest absolute Gasteiger partial charge is 0.271 e. The van der Waals surface area contributed by atoms with Gasteiger partial charge in [-0.15, -0.1) is 0 Å². The molecule has 33 heavy (non-hydrogen) atoms. The van der Waals surface area contributed by atoms with E-state index in [0.29, 0.717) is 49.9 Å².